The summed E-state index contributed by atoms with van der Waals surface area (Å²) in [6.07, 6.45) is 2.15. The second-order valence-corrected chi connectivity index (χ2v) is 5.03. The molecule has 1 amide bonds. The molecule has 0 aliphatic rings. The smallest absolute Gasteiger partial charge is 0.270 e. The van der Waals surface area contributed by atoms with Gasteiger partial charge in [-0.25, -0.2) is 9.37 Å². The first-order valence-electron chi connectivity index (χ1n) is 6.56. The molecule has 0 aliphatic carbocycles. The Morgan fingerprint density at radius 3 is 2.90 bits per heavy atom. The molecule has 0 aromatic carbocycles. The predicted molar refractivity (Wildman–Crippen MR) is 75.4 cm³/mol. The molecule has 0 radical (unpaired) electrons. The van der Waals surface area contributed by atoms with E-state index in [2.05, 4.69) is 15.2 Å². The molecular formula is C14H19FN4O. The molecule has 0 aliphatic heterocycles. The molecule has 0 spiro atoms. The summed E-state index contributed by atoms with van der Waals surface area (Å²) in [6.45, 7) is 3.24. The summed E-state index contributed by atoms with van der Waals surface area (Å²) < 4.78 is 14.8. The number of hydrogen-bond acceptors (Lipinski definition) is 3. The van der Waals surface area contributed by atoms with Crippen molar-refractivity contribution in [3.8, 4) is 0 Å². The van der Waals surface area contributed by atoms with Crippen molar-refractivity contribution in [2.24, 2.45) is 0 Å². The van der Waals surface area contributed by atoms with Gasteiger partial charge in [-0.05, 0) is 46.1 Å². The van der Waals surface area contributed by atoms with Crippen molar-refractivity contribution in [3.05, 3.63) is 35.5 Å². The summed E-state index contributed by atoms with van der Waals surface area (Å²) in [7, 11) is 3.97. The Balaban J connectivity index is 2.13. The van der Waals surface area contributed by atoms with Gasteiger partial charge in [0.2, 0.25) is 0 Å². The SMILES string of the molecule is Cc1nc2ccc(F)cn2c1C(=O)NCCCN(C)C. The normalized spacial score (nSPS) is 11.2. The molecule has 1 N–H and O–H groups in total. The fourth-order valence-corrected chi connectivity index (χ4v) is 2.09. The zero-order chi connectivity index (χ0) is 14.7. The van der Waals surface area contributed by atoms with Gasteiger partial charge in [0.1, 0.15) is 17.2 Å². The maximum Gasteiger partial charge on any atom is 0.270 e. The lowest BCUT2D eigenvalue weighted by Crippen LogP contribution is -2.28. The Hall–Kier alpha value is -1.95. The second-order valence-electron chi connectivity index (χ2n) is 5.03. The van der Waals surface area contributed by atoms with Gasteiger partial charge in [0, 0.05) is 12.7 Å². The van der Waals surface area contributed by atoms with Crippen LogP contribution in [0.15, 0.2) is 18.3 Å². The lowest BCUT2D eigenvalue weighted by atomic mass is 10.3. The molecule has 0 fully saturated rings. The molecule has 2 heterocycles. The monoisotopic (exact) mass is 278 g/mol. The Bertz CT molecular complexity index is 621. The Labute approximate surface area is 117 Å². The number of nitrogens with zero attached hydrogens (tertiary/aromatic N) is 3. The second kappa shape index (κ2) is 6.00. The van der Waals surface area contributed by atoms with Gasteiger partial charge in [-0.1, -0.05) is 0 Å². The summed E-state index contributed by atoms with van der Waals surface area (Å²) in [5.41, 5.74) is 1.56. The summed E-state index contributed by atoms with van der Waals surface area (Å²) in [4.78, 5) is 18.5. The zero-order valence-electron chi connectivity index (χ0n) is 12.0. The molecule has 108 valence electrons. The average molecular weight is 278 g/mol. The van der Waals surface area contributed by atoms with E-state index >= 15 is 0 Å². The third kappa shape index (κ3) is 3.14. The van der Waals surface area contributed by atoms with Crippen LogP contribution in [0.4, 0.5) is 4.39 Å². The van der Waals surface area contributed by atoms with Crippen LogP contribution >= 0.6 is 0 Å². The topological polar surface area (TPSA) is 49.6 Å². The van der Waals surface area contributed by atoms with Crippen LogP contribution in [0.2, 0.25) is 0 Å². The minimum atomic E-state index is -0.392. The van der Waals surface area contributed by atoms with E-state index in [4.69, 9.17) is 0 Å². The number of fused-ring (bicyclic) bond motifs is 1. The number of halogens is 1. The maximum atomic E-state index is 13.3. The molecule has 0 atom stereocenters. The minimum absolute atomic E-state index is 0.223. The highest BCUT2D eigenvalue weighted by Crippen LogP contribution is 2.13. The summed E-state index contributed by atoms with van der Waals surface area (Å²) in [5, 5.41) is 2.84. The molecule has 2 aromatic rings. The van der Waals surface area contributed by atoms with E-state index in [1.807, 2.05) is 14.1 Å². The molecule has 0 saturated heterocycles. The first kappa shape index (κ1) is 14.5. The van der Waals surface area contributed by atoms with Crippen LogP contribution in [0.25, 0.3) is 5.65 Å². The van der Waals surface area contributed by atoms with Gasteiger partial charge >= 0.3 is 0 Å². The van der Waals surface area contributed by atoms with Crippen molar-refractivity contribution >= 4 is 11.6 Å². The largest absolute Gasteiger partial charge is 0.351 e. The van der Waals surface area contributed by atoms with Gasteiger partial charge in [-0.15, -0.1) is 0 Å². The van der Waals surface area contributed by atoms with Crippen molar-refractivity contribution in [1.82, 2.24) is 19.6 Å². The number of imidazole rings is 1. The molecule has 0 bridgehead atoms. The Morgan fingerprint density at radius 1 is 1.45 bits per heavy atom. The number of carbonyl (C=O) groups excluding carboxylic acids is 1. The summed E-state index contributed by atoms with van der Waals surface area (Å²) in [6, 6.07) is 2.89. The van der Waals surface area contributed by atoms with Crippen LogP contribution in [0, 0.1) is 12.7 Å². The number of aryl methyl sites for hydroxylation is 1. The van der Waals surface area contributed by atoms with Gasteiger partial charge in [-0.2, -0.15) is 0 Å². The highest BCUT2D eigenvalue weighted by Gasteiger charge is 2.16. The Kier molecular flexibility index (Phi) is 4.34. The highest BCUT2D eigenvalue weighted by atomic mass is 19.1. The van der Waals surface area contributed by atoms with E-state index in [0.29, 0.717) is 23.6 Å². The molecular weight excluding hydrogens is 259 g/mol. The summed E-state index contributed by atoms with van der Waals surface area (Å²) >= 11 is 0. The number of aromatic nitrogens is 2. The number of rotatable bonds is 5. The van der Waals surface area contributed by atoms with Crippen LogP contribution in [0.1, 0.15) is 22.6 Å². The quantitative estimate of drug-likeness (QED) is 0.843. The number of hydrogen-bond donors (Lipinski definition) is 1. The molecule has 2 rings (SSSR count). The Morgan fingerprint density at radius 2 is 2.20 bits per heavy atom. The van der Waals surface area contributed by atoms with E-state index in [9.17, 15) is 9.18 Å². The third-order valence-electron chi connectivity index (χ3n) is 3.04. The predicted octanol–water partition coefficient (Wildman–Crippen LogP) is 1.46. The summed E-state index contributed by atoms with van der Waals surface area (Å²) in [5.74, 6) is -0.615. The molecule has 20 heavy (non-hydrogen) atoms. The van der Waals surface area contributed by atoms with Gasteiger partial charge < -0.3 is 10.2 Å². The van der Waals surface area contributed by atoms with Crippen LogP contribution in [-0.4, -0.2) is 47.4 Å². The third-order valence-corrected chi connectivity index (χ3v) is 3.04. The average Bonchev–Trinajstić information content (AvgIpc) is 2.69. The standard InChI is InChI=1S/C14H19FN4O/c1-10-13(14(20)16-7-4-8-18(2)3)19-9-11(15)5-6-12(19)17-10/h5-6,9H,4,7-8H2,1-3H3,(H,16,20). The number of carbonyl (C=O) groups is 1. The van der Waals surface area contributed by atoms with E-state index < -0.39 is 5.82 Å². The first-order chi connectivity index (χ1) is 9.49. The van der Waals surface area contributed by atoms with Crippen molar-refractivity contribution in [3.63, 3.8) is 0 Å². The lowest BCUT2D eigenvalue weighted by molar-refractivity contribution is 0.0945. The number of nitrogens with one attached hydrogen (secondary N) is 1. The van der Waals surface area contributed by atoms with E-state index in [1.165, 1.54) is 16.7 Å². The van der Waals surface area contributed by atoms with Gasteiger partial charge in [0.15, 0.2) is 0 Å². The minimum Gasteiger partial charge on any atom is -0.351 e. The highest BCUT2D eigenvalue weighted by molar-refractivity contribution is 5.94. The number of pyridine rings is 1. The van der Waals surface area contributed by atoms with Crippen molar-refractivity contribution in [2.45, 2.75) is 13.3 Å². The lowest BCUT2D eigenvalue weighted by Gasteiger charge is -2.10. The van der Waals surface area contributed by atoms with Crippen LogP contribution in [-0.2, 0) is 0 Å². The zero-order valence-corrected chi connectivity index (χ0v) is 12.0. The molecule has 2 aromatic heterocycles. The van der Waals surface area contributed by atoms with Crippen LogP contribution in [0.5, 0.6) is 0 Å². The van der Waals surface area contributed by atoms with Gasteiger partial charge in [-0.3, -0.25) is 9.20 Å². The fraction of sp³-hybridized carbons (Fsp3) is 0.429. The van der Waals surface area contributed by atoms with Crippen molar-refractivity contribution in [2.75, 3.05) is 27.2 Å². The van der Waals surface area contributed by atoms with E-state index in [1.54, 1.807) is 13.0 Å². The molecule has 0 saturated carbocycles. The molecule has 5 nitrogen and oxygen atoms in total. The van der Waals surface area contributed by atoms with Crippen LogP contribution in [0.3, 0.4) is 0 Å². The van der Waals surface area contributed by atoms with Crippen molar-refractivity contribution < 1.29 is 9.18 Å². The maximum absolute atomic E-state index is 13.3. The fourth-order valence-electron chi connectivity index (χ4n) is 2.09. The van der Waals surface area contributed by atoms with Crippen LogP contribution < -0.4 is 5.32 Å². The van der Waals surface area contributed by atoms with E-state index in [-0.39, 0.29) is 5.91 Å². The van der Waals surface area contributed by atoms with Crippen molar-refractivity contribution in [1.29, 1.82) is 0 Å². The molecule has 6 heteroatoms. The first-order valence-corrected chi connectivity index (χ1v) is 6.56. The molecule has 0 unspecified atom stereocenters. The van der Waals surface area contributed by atoms with E-state index in [0.717, 1.165) is 13.0 Å². The number of amides is 1. The van der Waals surface area contributed by atoms with Gasteiger partial charge in [0.25, 0.3) is 5.91 Å². The van der Waals surface area contributed by atoms with Gasteiger partial charge in [0.05, 0.1) is 5.69 Å².